The van der Waals surface area contributed by atoms with E-state index >= 15 is 0 Å². The lowest BCUT2D eigenvalue weighted by Crippen LogP contribution is -2.49. The highest BCUT2D eigenvalue weighted by Crippen LogP contribution is 2.36. The quantitative estimate of drug-likeness (QED) is 0.725. The molecule has 1 N–H and O–H groups in total. The first-order chi connectivity index (χ1) is 12.7. The summed E-state index contributed by atoms with van der Waals surface area (Å²) < 4.78 is 0. The van der Waals surface area contributed by atoms with Crippen molar-refractivity contribution in [3.8, 4) is 0 Å². The third-order valence-electron chi connectivity index (χ3n) is 5.19. The molecule has 0 aromatic heterocycles. The highest BCUT2D eigenvalue weighted by molar-refractivity contribution is 5.49. The average molecular weight is 344 g/mol. The summed E-state index contributed by atoms with van der Waals surface area (Å²) in [6, 6.07) is 29.0. The summed E-state index contributed by atoms with van der Waals surface area (Å²) in [6.45, 7) is 3.62. The molecular formula is C23H24N2O. The number of rotatable bonds is 3. The number of hydroxylamine groups is 2. The van der Waals surface area contributed by atoms with Crippen molar-refractivity contribution in [3.63, 3.8) is 0 Å². The Hall–Kier alpha value is -2.62. The van der Waals surface area contributed by atoms with E-state index in [1.54, 1.807) is 0 Å². The predicted octanol–water partition coefficient (Wildman–Crippen LogP) is 4.99. The molecule has 1 fully saturated rings. The zero-order chi connectivity index (χ0) is 17.9. The molecule has 1 heterocycles. The monoisotopic (exact) mass is 344 g/mol. The van der Waals surface area contributed by atoms with Crippen molar-refractivity contribution in [2.75, 3.05) is 18.0 Å². The average Bonchev–Trinajstić information content (AvgIpc) is 2.70. The maximum Gasteiger partial charge on any atom is 0.0782 e. The molecular weight excluding hydrogens is 320 g/mol. The molecule has 3 nitrogen and oxygen atoms in total. The van der Waals surface area contributed by atoms with Gasteiger partial charge >= 0.3 is 0 Å². The fourth-order valence-electron chi connectivity index (χ4n) is 3.71. The van der Waals surface area contributed by atoms with E-state index in [9.17, 15) is 5.21 Å². The number of benzene rings is 3. The van der Waals surface area contributed by atoms with Crippen LogP contribution in [-0.4, -0.2) is 23.4 Å². The molecule has 3 aromatic carbocycles. The van der Waals surface area contributed by atoms with E-state index in [4.69, 9.17) is 0 Å². The van der Waals surface area contributed by atoms with Gasteiger partial charge in [0.1, 0.15) is 0 Å². The lowest BCUT2D eigenvalue weighted by atomic mass is 9.96. The SMILES string of the molecule is Cc1ccc(N2C[C@H](c3ccccc3)N(O)[C@H](c3ccccc3)C2)cc1. The Labute approximate surface area is 155 Å². The van der Waals surface area contributed by atoms with E-state index in [1.807, 2.05) is 36.4 Å². The second-order valence-electron chi connectivity index (χ2n) is 6.97. The van der Waals surface area contributed by atoms with Crippen LogP contribution in [0.4, 0.5) is 5.69 Å². The molecule has 0 bridgehead atoms. The summed E-state index contributed by atoms with van der Waals surface area (Å²) >= 11 is 0. The van der Waals surface area contributed by atoms with E-state index in [0.29, 0.717) is 0 Å². The summed E-state index contributed by atoms with van der Waals surface area (Å²) in [5.74, 6) is 0. The van der Waals surface area contributed by atoms with Crippen molar-refractivity contribution in [2.45, 2.75) is 19.0 Å². The Morgan fingerprint density at radius 3 is 1.62 bits per heavy atom. The van der Waals surface area contributed by atoms with Gasteiger partial charge in [-0.1, -0.05) is 78.4 Å². The van der Waals surface area contributed by atoms with Gasteiger partial charge < -0.3 is 10.1 Å². The maximum atomic E-state index is 11.1. The van der Waals surface area contributed by atoms with E-state index < -0.39 is 0 Å². The minimum atomic E-state index is -0.0727. The van der Waals surface area contributed by atoms with Crippen LogP contribution in [0.25, 0.3) is 0 Å². The smallest absolute Gasteiger partial charge is 0.0782 e. The molecule has 1 aliphatic rings. The van der Waals surface area contributed by atoms with E-state index in [1.165, 1.54) is 16.3 Å². The Bertz CT molecular complexity index is 784. The van der Waals surface area contributed by atoms with Crippen molar-refractivity contribution in [1.82, 2.24) is 5.06 Å². The van der Waals surface area contributed by atoms with E-state index in [-0.39, 0.29) is 12.1 Å². The van der Waals surface area contributed by atoms with Gasteiger partial charge in [-0.25, -0.2) is 0 Å². The van der Waals surface area contributed by atoms with Gasteiger partial charge in [0.05, 0.1) is 12.1 Å². The third-order valence-corrected chi connectivity index (χ3v) is 5.19. The molecule has 0 amide bonds. The van der Waals surface area contributed by atoms with Gasteiger partial charge in [0.2, 0.25) is 0 Å². The first kappa shape index (κ1) is 16.8. The summed E-state index contributed by atoms with van der Waals surface area (Å²) in [5.41, 5.74) is 4.72. The lowest BCUT2D eigenvalue weighted by molar-refractivity contribution is -0.170. The molecule has 0 saturated carbocycles. The number of piperazine rings is 1. The number of anilines is 1. The predicted molar refractivity (Wildman–Crippen MR) is 105 cm³/mol. The van der Waals surface area contributed by atoms with Gasteiger partial charge in [-0.2, -0.15) is 5.06 Å². The number of hydrogen-bond donors (Lipinski definition) is 1. The van der Waals surface area contributed by atoms with Crippen LogP contribution in [0.3, 0.4) is 0 Å². The number of aryl methyl sites for hydroxylation is 1. The summed E-state index contributed by atoms with van der Waals surface area (Å²) in [4.78, 5) is 2.38. The van der Waals surface area contributed by atoms with Gasteiger partial charge in [0.25, 0.3) is 0 Å². The van der Waals surface area contributed by atoms with Crippen LogP contribution in [0, 0.1) is 6.92 Å². The van der Waals surface area contributed by atoms with Crippen molar-refractivity contribution in [1.29, 1.82) is 0 Å². The van der Waals surface area contributed by atoms with Crippen LogP contribution < -0.4 is 4.90 Å². The minimum absolute atomic E-state index is 0.0727. The Balaban J connectivity index is 1.71. The van der Waals surface area contributed by atoms with Crippen LogP contribution in [-0.2, 0) is 0 Å². The number of nitrogens with zero attached hydrogens (tertiary/aromatic N) is 2. The van der Waals surface area contributed by atoms with Gasteiger partial charge in [-0.3, -0.25) is 0 Å². The standard InChI is InChI=1S/C23H24N2O/c1-18-12-14-21(15-13-18)24-16-22(19-8-4-2-5-9-19)25(26)23(17-24)20-10-6-3-7-11-20/h2-15,22-23,26H,16-17H2,1H3/t22-,23+. The molecule has 0 aliphatic carbocycles. The van der Waals surface area contributed by atoms with Crippen molar-refractivity contribution in [3.05, 3.63) is 102 Å². The van der Waals surface area contributed by atoms with E-state index in [0.717, 1.165) is 24.2 Å². The topological polar surface area (TPSA) is 26.7 Å². The van der Waals surface area contributed by atoms with Gasteiger partial charge in [0.15, 0.2) is 0 Å². The highest BCUT2D eigenvalue weighted by atomic mass is 16.5. The first-order valence-electron chi connectivity index (χ1n) is 9.11. The van der Waals surface area contributed by atoms with Crippen LogP contribution in [0.1, 0.15) is 28.8 Å². The molecule has 0 unspecified atom stereocenters. The molecule has 4 rings (SSSR count). The Kier molecular flexibility index (Phi) is 4.74. The third kappa shape index (κ3) is 3.36. The molecule has 0 spiro atoms. The fourth-order valence-corrected chi connectivity index (χ4v) is 3.71. The molecule has 0 radical (unpaired) electrons. The number of hydrogen-bond acceptors (Lipinski definition) is 3. The normalized spacial score (nSPS) is 20.9. The van der Waals surface area contributed by atoms with Crippen LogP contribution in [0.15, 0.2) is 84.9 Å². The molecule has 2 atom stereocenters. The van der Waals surface area contributed by atoms with Crippen molar-refractivity contribution in [2.24, 2.45) is 0 Å². The summed E-state index contributed by atoms with van der Waals surface area (Å²) in [7, 11) is 0. The molecule has 3 aromatic rings. The second-order valence-corrected chi connectivity index (χ2v) is 6.97. The largest absolute Gasteiger partial charge is 0.368 e. The van der Waals surface area contributed by atoms with Crippen molar-refractivity contribution < 1.29 is 5.21 Å². The van der Waals surface area contributed by atoms with Gasteiger partial charge in [0, 0.05) is 18.8 Å². The lowest BCUT2D eigenvalue weighted by Gasteiger charge is -2.44. The first-order valence-corrected chi connectivity index (χ1v) is 9.11. The fraction of sp³-hybridized carbons (Fsp3) is 0.217. The van der Waals surface area contributed by atoms with Gasteiger partial charge in [-0.15, -0.1) is 0 Å². The molecule has 1 aliphatic heterocycles. The second kappa shape index (κ2) is 7.32. The molecule has 1 saturated heterocycles. The Morgan fingerprint density at radius 1 is 0.692 bits per heavy atom. The van der Waals surface area contributed by atoms with Crippen LogP contribution in [0.2, 0.25) is 0 Å². The Morgan fingerprint density at radius 2 is 1.15 bits per heavy atom. The molecule has 3 heteroatoms. The van der Waals surface area contributed by atoms with E-state index in [2.05, 4.69) is 60.4 Å². The maximum absolute atomic E-state index is 11.1. The zero-order valence-corrected chi connectivity index (χ0v) is 15.0. The highest BCUT2D eigenvalue weighted by Gasteiger charge is 2.35. The van der Waals surface area contributed by atoms with Gasteiger partial charge in [-0.05, 0) is 30.2 Å². The summed E-state index contributed by atoms with van der Waals surface area (Å²) in [6.07, 6.45) is 0. The van der Waals surface area contributed by atoms with Crippen LogP contribution in [0.5, 0.6) is 0 Å². The van der Waals surface area contributed by atoms with Crippen LogP contribution >= 0.6 is 0 Å². The molecule has 26 heavy (non-hydrogen) atoms. The zero-order valence-electron chi connectivity index (χ0n) is 15.0. The minimum Gasteiger partial charge on any atom is -0.368 e. The molecule has 132 valence electrons. The summed E-state index contributed by atoms with van der Waals surface area (Å²) in [5, 5.41) is 12.6. The van der Waals surface area contributed by atoms with Crippen molar-refractivity contribution >= 4 is 5.69 Å².